The minimum absolute atomic E-state index is 0.310. The second kappa shape index (κ2) is 8.18. The molecule has 0 aliphatic heterocycles. The fourth-order valence-electron chi connectivity index (χ4n) is 3.59. The van der Waals surface area contributed by atoms with E-state index in [1.54, 1.807) is 22.9 Å². The number of pyridine rings is 1. The Kier molecular flexibility index (Phi) is 5.64. The third kappa shape index (κ3) is 4.42. The Labute approximate surface area is 188 Å². The summed E-state index contributed by atoms with van der Waals surface area (Å²) in [5.41, 5.74) is 2.26. The third-order valence-electron chi connectivity index (χ3n) is 5.56. The standard InChI is InChI=1S/C22H18F3N5O2S/c1-13(22(23,24)25)29-33(31,32)16-5-7-19(28-11-16)21-18(10-27)17-6-4-15(9-26)8-20(17)30(21)12-14-2-3-14/h4-8,11,13-14,29H,2-3,12H2,1H3/t13-/m0/s1. The lowest BCUT2D eigenvalue weighted by Crippen LogP contribution is -2.42. The van der Waals surface area contributed by atoms with Crippen LogP contribution in [-0.2, 0) is 16.6 Å². The number of alkyl halides is 3. The first-order valence-corrected chi connectivity index (χ1v) is 11.6. The maximum Gasteiger partial charge on any atom is 0.404 e. The molecule has 1 aliphatic carbocycles. The molecule has 2 heterocycles. The Hall–Kier alpha value is -3.41. The summed E-state index contributed by atoms with van der Waals surface area (Å²) in [5.74, 6) is 0.421. The predicted molar refractivity (Wildman–Crippen MR) is 113 cm³/mol. The van der Waals surface area contributed by atoms with Crippen molar-refractivity contribution in [3.05, 3.63) is 47.7 Å². The highest BCUT2D eigenvalue weighted by molar-refractivity contribution is 7.89. The molecule has 33 heavy (non-hydrogen) atoms. The zero-order chi connectivity index (χ0) is 24.0. The normalized spacial score (nSPS) is 15.2. The summed E-state index contributed by atoms with van der Waals surface area (Å²) in [6.07, 6.45) is -1.69. The highest BCUT2D eigenvalue weighted by atomic mass is 32.2. The van der Waals surface area contributed by atoms with Crippen molar-refractivity contribution in [3.63, 3.8) is 0 Å². The molecular formula is C22H18F3N5O2S. The maximum absolute atomic E-state index is 12.8. The molecule has 1 aliphatic rings. The number of nitrogens with one attached hydrogen (secondary N) is 1. The first-order valence-electron chi connectivity index (χ1n) is 10.1. The molecule has 1 fully saturated rings. The Morgan fingerprint density at radius 1 is 1.21 bits per heavy atom. The predicted octanol–water partition coefficient (Wildman–Crippen LogP) is 4.09. The number of nitriles is 2. The van der Waals surface area contributed by atoms with Crippen LogP contribution in [0.4, 0.5) is 13.2 Å². The van der Waals surface area contributed by atoms with E-state index in [1.165, 1.54) is 6.07 Å². The summed E-state index contributed by atoms with van der Waals surface area (Å²) in [7, 11) is -4.45. The fraction of sp³-hybridized carbons (Fsp3) is 0.318. The van der Waals surface area contributed by atoms with Gasteiger partial charge in [0.25, 0.3) is 0 Å². The third-order valence-corrected chi connectivity index (χ3v) is 7.08. The first kappa shape index (κ1) is 22.8. The quantitative estimate of drug-likeness (QED) is 0.580. The molecule has 0 radical (unpaired) electrons. The molecule has 0 amide bonds. The van der Waals surface area contributed by atoms with Crippen LogP contribution in [0.25, 0.3) is 22.3 Å². The molecule has 0 bridgehead atoms. The summed E-state index contributed by atoms with van der Waals surface area (Å²) in [5, 5.41) is 19.8. The van der Waals surface area contributed by atoms with Crippen LogP contribution in [0.5, 0.6) is 0 Å². The van der Waals surface area contributed by atoms with Crippen molar-refractivity contribution in [1.82, 2.24) is 14.3 Å². The Morgan fingerprint density at radius 2 is 1.94 bits per heavy atom. The molecule has 4 rings (SSSR count). The molecule has 1 atom stereocenters. The van der Waals surface area contributed by atoms with E-state index < -0.39 is 27.1 Å². The van der Waals surface area contributed by atoms with Gasteiger partial charge in [0.1, 0.15) is 17.0 Å². The number of sulfonamides is 1. The van der Waals surface area contributed by atoms with Gasteiger partial charge in [0.15, 0.2) is 0 Å². The monoisotopic (exact) mass is 473 g/mol. The maximum atomic E-state index is 12.8. The van der Waals surface area contributed by atoms with Gasteiger partial charge in [-0.05, 0) is 49.9 Å². The SMILES string of the molecule is C[C@H](NS(=O)(=O)c1ccc(-c2c(C#N)c3ccc(C#N)cc3n2CC2CC2)nc1)C(F)(F)F. The average Bonchev–Trinajstić information content (AvgIpc) is 3.54. The zero-order valence-corrected chi connectivity index (χ0v) is 18.2. The number of nitrogens with zero attached hydrogens (tertiary/aromatic N) is 4. The van der Waals surface area contributed by atoms with Crippen molar-refractivity contribution < 1.29 is 21.6 Å². The Bertz CT molecular complexity index is 1410. The van der Waals surface area contributed by atoms with Crippen LogP contribution in [0.3, 0.4) is 0 Å². The van der Waals surface area contributed by atoms with Crippen LogP contribution in [0.1, 0.15) is 30.9 Å². The van der Waals surface area contributed by atoms with Crippen LogP contribution in [0.15, 0.2) is 41.4 Å². The number of aromatic nitrogens is 2. The number of hydrogen-bond donors (Lipinski definition) is 1. The lowest BCUT2D eigenvalue weighted by Gasteiger charge is -2.17. The summed E-state index contributed by atoms with van der Waals surface area (Å²) in [6.45, 7) is 1.32. The zero-order valence-electron chi connectivity index (χ0n) is 17.4. The Morgan fingerprint density at radius 3 is 2.48 bits per heavy atom. The molecule has 0 spiro atoms. The highest BCUT2D eigenvalue weighted by Crippen LogP contribution is 2.38. The minimum Gasteiger partial charge on any atom is -0.338 e. The first-order chi connectivity index (χ1) is 15.5. The van der Waals surface area contributed by atoms with Gasteiger partial charge in [-0.2, -0.15) is 28.4 Å². The molecule has 0 saturated heterocycles. The van der Waals surface area contributed by atoms with Crippen LogP contribution in [-0.4, -0.2) is 30.2 Å². The van der Waals surface area contributed by atoms with Crippen LogP contribution < -0.4 is 4.72 Å². The van der Waals surface area contributed by atoms with E-state index in [-0.39, 0.29) is 0 Å². The number of benzene rings is 1. The van der Waals surface area contributed by atoms with E-state index >= 15 is 0 Å². The van der Waals surface area contributed by atoms with Crippen LogP contribution in [0, 0.1) is 28.6 Å². The van der Waals surface area contributed by atoms with Crippen LogP contribution >= 0.6 is 0 Å². The van der Waals surface area contributed by atoms with Gasteiger partial charge in [0, 0.05) is 18.1 Å². The van der Waals surface area contributed by atoms with Gasteiger partial charge in [-0.3, -0.25) is 4.98 Å². The largest absolute Gasteiger partial charge is 0.404 e. The van der Waals surface area contributed by atoms with Crippen molar-refractivity contribution in [2.24, 2.45) is 5.92 Å². The van der Waals surface area contributed by atoms with E-state index in [9.17, 15) is 32.1 Å². The van der Waals surface area contributed by atoms with Gasteiger partial charge < -0.3 is 4.57 Å². The Balaban J connectivity index is 1.79. The molecule has 1 N–H and O–H groups in total. The molecule has 170 valence electrons. The van der Waals surface area contributed by atoms with Gasteiger partial charge in [-0.1, -0.05) is 6.07 Å². The van der Waals surface area contributed by atoms with Crippen molar-refractivity contribution in [2.75, 3.05) is 0 Å². The van der Waals surface area contributed by atoms with E-state index in [1.807, 2.05) is 4.57 Å². The smallest absolute Gasteiger partial charge is 0.338 e. The summed E-state index contributed by atoms with van der Waals surface area (Å²) < 4.78 is 66.5. The van der Waals surface area contributed by atoms with Gasteiger partial charge >= 0.3 is 6.18 Å². The fourth-order valence-corrected chi connectivity index (χ4v) is 4.77. The number of hydrogen-bond acceptors (Lipinski definition) is 5. The molecule has 1 aromatic carbocycles. The highest BCUT2D eigenvalue weighted by Gasteiger charge is 2.39. The van der Waals surface area contributed by atoms with Crippen molar-refractivity contribution >= 4 is 20.9 Å². The lowest BCUT2D eigenvalue weighted by molar-refractivity contribution is -0.147. The molecule has 0 unspecified atom stereocenters. The molecule has 7 nitrogen and oxygen atoms in total. The summed E-state index contributed by atoms with van der Waals surface area (Å²) >= 11 is 0. The minimum atomic E-state index is -4.73. The number of fused-ring (bicyclic) bond motifs is 1. The second-order valence-electron chi connectivity index (χ2n) is 8.00. The van der Waals surface area contributed by atoms with Crippen molar-refractivity contribution in [2.45, 2.75) is 43.4 Å². The van der Waals surface area contributed by atoms with E-state index in [0.717, 1.165) is 25.1 Å². The summed E-state index contributed by atoms with van der Waals surface area (Å²) in [6, 6.07) is 9.54. The van der Waals surface area contributed by atoms with Gasteiger partial charge in [0.2, 0.25) is 10.0 Å². The van der Waals surface area contributed by atoms with E-state index in [4.69, 9.17) is 0 Å². The number of rotatable bonds is 6. The number of halogens is 3. The summed E-state index contributed by atoms with van der Waals surface area (Å²) in [4.78, 5) is 3.76. The van der Waals surface area contributed by atoms with Gasteiger partial charge in [-0.15, -0.1) is 0 Å². The molecular weight excluding hydrogens is 455 g/mol. The lowest BCUT2D eigenvalue weighted by atomic mass is 10.1. The van der Waals surface area contributed by atoms with Gasteiger partial charge in [-0.25, -0.2) is 8.42 Å². The van der Waals surface area contributed by atoms with Crippen molar-refractivity contribution in [1.29, 1.82) is 10.5 Å². The van der Waals surface area contributed by atoms with E-state index in [0.29, 0.717) is 52.8 Å². The van der Waals surface area contributed by atoms with Crippen LogP contribution in [0.2, 0.25) is 0 Å². The average molecular weight is 473 g/mol. The van der Waals surface area contributed by atoms with Crippen molar-refractivity contribution in [3.8, 4) is 23.5 Å². The topological polar surface area (TPSA) is 112 Å². The molecule has 3 aromatic rings. The molecule has 11 heteroatoms. The van der Waals surface area contributed by atoms with Gasteiger partial charge in [0.05, 0.1) is 34.1 Å². The molecule has 2 aromatic heterocycles. The second-order valence-corrected chi connectivity index (χ2v) is 9.71. The van der Waals surface area contributed by atoms with E-state index in [2.05, 4.69) is 17.1 Å². The molecule has 1 saturated carbocycles.